The summed E-state index contributed by atoms with van der Waals surface area (Å²) in [4.78, 5) is 34.8. The number of hydrogen-bond donors (Lipinski definition) is 0. The van der Waals surface area contributed by atoms with E-state index in [0.717, 1.165) is 0 Å². The number of carbonyl (C=O) groups excluding carboxylic acids is 3. The minimum Gasteiger partial charge on any atom is -0.389 e. The molecule has 0 radical (unpaired) electrons. The molecular weight excluding hydrogens is 232 g/mol. The van der Waals surface area contributed by atoms with E-state index in [0.29, 0.717) is 5.56 Å². The van der Waals surface area contributed by atoms with Gasteiger partial charge in [-0.2, -0.15) is 0 Å². The van der Waals surface area contributed by atoms with Crippen LogP contribution in [0, 0.1) is 5.92 Å². The number of benzene rings is 1. The lowest BCUT2D eigenvalue weighted by molar-refractivity contribution is -0.165. The minimum atomic E-state index is -0.988. The summed E-state index contributed by atoms with van der Waals surface area (Å²) in [7, 11) is 0. The standard InChI is InChI=1S/C14H12O4/c1-8-11(10-6-4-3-5-7-10)12(9(2)15)14(17)18-13(8)16/h3-7,11-12H,1H2,2H3/t11-,12-/m1/s1. The summed E-state index contributed by atoms with van der Waals surface area (Å²) in [6, 6.07) is 8.90. The van der Waals surface area contributed by atoms with Crippen LogP contribution < -0.4 is 0 Å². The van der Waals surface area contributed by atoms with E-state index < -0.39 is 23.8 Å². The SMILES string of the molecule is C=C1C(=O)OC(=O)[C@H](C(C)=O)[C@H]1c1ccccc1. The molecule has 1 aliphatic rings. The highest BCUT2D eigenvalue weighted by molar-refractivity contribution is 6.10. The maximum absolute atomic E-state index is 11.7. The molecule has 1 fully saturated rings. The van der Waals surface area contributed by atoms with Crippen molar-refractivity contribution in [1.29, 1.82) is 0 Å². The van der Waals surface area contributed by atoms with Crippen LogP contribution in [0.5, 0.6) is 0 Å². The van der Waals surface area contributed by atoms with Gasteiger partial charge in [0.2, 0.25) is 0 Å². The van der Waals surface area contributed by atoms with E-state index in [1.54, 1.807) is 24.3 Å². The lowest BCUT2D eigenvalue weighted by atomic mass is 9.77. The highest BCUT2D eigenvalue weighted by Gasteiger charge is 2.44. The Morgan fingerprint density at radius 3 is 2.39 bits per heavy atom. The van der Waals surface area contributed by atoms with Crippen molar-refractivity contribution >= 4 is 17.7 Å². The third-order valence-corrected chi connectivity index (χ3v) is 3.01. The molecule has 18 heavy (non-hydrogen) atoms. The van der Waals surface area contributed by atoms with Gasteiger partial charge in [-0.3, -0.25) is 9.59 Å². The molecule has 1 heterocycles. The molecule has 1 aromatic carbocycles. The minimum absolute atomic E-state index is 0.140. The first kappa shape index (κ1) is 12.2. The van der Waals surface area contributed by atoms with Gasteiger partial charge in [0, 0.05) is 11.5 Å². The normalized spacial score (nSPS) is 23.7. The fourth-order valence-electron chi connectivity index (χ4n) is 2.14. The second-order valence-corrected chi connectivity index (χ2v) is 4.21. The topological polar surface area (TPSA) is 60.4 Å². The van der Waals surface area contributed by atoms with Gasteiger partial charge < -0.3 is 4.74 Å². The summed E-state index contributed by atoms with van der Waals surface area (Å²) in [5.74, 6) is -3.50. The zero-order valence-electron chi connectivity index (χ0n) is 9.88. The fourth-order valence-corrected chi connectivity index (χ4v) is 2.14. The number of Topliss-reactive ketones (excluding diaryl/α,β-unsaturated/α-hetero) is 1. The second-order valence-electron chi connectivity index (χ2n) is 4.21. The van der Waals surface area contributed by atoms with Crippen molar-refractivity contribution in [3.8, 4) is 0 Å². The quantitative estimate of drug-likeness (QED) is 0.450. The molecule has 1 saturated heterocycles. The number of hydrogen-bond acceptors (Lipinski definition) is 4. The van der Waals surface area contributed by atoms with Crippen LogP contribution in [0.15, 0.2) is 42.5 Å². The average Bonchev–Trinajstić information content (AvgIpc) is 2.34. The van der Waals surface area contributed by atoms with Gasteiger partial charge >= 0.3 is 11.9 Å². The van der Waals surface area contributed by atoms with Gasteiger partial charge in [-0.05, 0) is 12.5 Å². The van der Waals surface area contributed by atoms with Crippen LogP contribution in [0.25, 0.3) is 0 Å². The van der Waals surface area contributed by atoms with Crippen LogP contribution in [-0.4, -0.2) is 17.7 Å². The number of carbonyl (C=O) groups is 3. The number of cyclic esters (lactones) is 2. The van der Waals surface area contributed by atoms with Gasteiger partial charge in [0.15, 0.2) is 0 Å². The number of rotatable bonds is 2. The molecule has 1 aliphatic heterocycles. The Morgan fingerprint density at radius 2 is 1.83 bits per heavy atom. The van der Waals surface area contributed by atoms with E-state index in [9.17, 15) is 14.4 Å². The van der Waals surface area contributed by atoms with E-state index >= 15 is 0 Å². The lowest BCUT2D eigenvalue weighted by Crippen LogP contribution is -2.39. The molecule has 0 aliphatic carbocycles. The summed E-state index contributed by atoms with van der Waals surface area (Å²) >= 11 is 0. The maximum atomic E-state index is 11.7. The molecule has 92 valence electrons. The van der Waals surface area contributed by atoms with E-state index in [1.165, 1.54) is 6.92 Å². The highest BCUT2D eigenvalue weighted by atomic mass is 16.6. The Labute approximate surface area is 104 Å². The van der Waals surface area contributed by atoms with Gasteiger partial charge in [-0.25, -0.2) is 4.79 Å². The zero-order chi connectivity index (χ0) is 13.3. The van der Waals surface area contributed by atoms with Crippen LogP contribution >= 0.6 is 0 Å². The summed E-state index contributed by atoms with van der Waals surface area (Å²) in [5, 5.41) is 0. The van der Waals surface area contributed by atoms with Crippen molar-refractivity contribution in [2.45, 2.75) is 12.8 Å². The molecule has 0 amide bonds. The second kappa shape index (κ2) is 4.56. The Kier molecular flexibility index (Phi) is 3.10. The Bertz CT molecular complexity index is 530. The Hall–Kier alpha value is -2.23. The molecule has 0 spiro atoms. The predicted octanol–water partition coefficient (Wildman–Crippen LogP) is 1.61. The molecule has 0 N–H and O–H groups in total. The van der Waals surface area contributed by atoms with Crippen molar-refractivity contribution < 1.29 is 19.1 Å². The summed E-state index contributed by atoms with van der Waals surface area (Å²) in [6.07, 6.45) is 0. The zero-order valence-corrected chi connectivity index (χ0v) is 9.88. The molecule has 1 aromatic rings. The van der Waals surface area contributed by atoms with Crippen LogP contribution in [0.4, 0.5) is 0 Å². The summed E-state index contributed by atoms with van der Waals surface area (Å²) < 4.78 is 4.53. The van der Waals surface area contributed by atoms with Gasteiger partial charge in [-0.1, -0.05) is 36.9 Å². The van der Waals surface area contributed by atoms with E-state index in [-0.39, 0.29) is 11.4 Å². The molecule has 4 nitrogen and oxygen atoms in total. The average molecular weight is 244 g/mol. The predicted molar refractivity (Wildman–Crippen MR) is 63.6 cm³/mol. The summed E-state index contributed by atoms with van der Waals surface area (Å²) in [5.41, 5.74) is 0.855. The number of ketones is 1. The molecule has 2 atom stereocenters. The maximum Gasteiger partial charge on any atom is 0.341 e. The third kappa shape index (κ3) is 1.97. The van der Waals surface area contributed by atoms with Gasteiger partial charge in [-0.15, -0.1) is 0 Å². The molecule has 4 heteroatoms. The van der Waals surface area contributed by atoms with E-state index in [2.05, 4.69) is 11.3 Å². The Morgan fingerprint density at radius 1 is 1.22 bits per heavy atom. The van der Waals surface area contributed by atoms with Crippen molar-refractivity contribution in [3.63, 3.8) is 0 Å². The monoisotopic (exact) mass is 244 g/mol. The van der Waals surface area contributed by atoms with Gasteiger partial charge in [0.05, 0.1) is 0 Å². The first-order valence-electron chi connectivity index (χ1n) is 5.52. The van der Waals surface area contributed by atoms with Crippen LogP contribution in [-0.2, 0) is 19.1 Å². The van der Waals surface area contributed by atoms with Crippen molar-refractivity contribution in [3.05, 3.63) is 48.0 Å². The smallest absolute Gasteiger partial charge is 0.341 e. The summed E-state index contributed by atoms with van der Waals surface area (Å²) in [6.45, 7) is 4.95. The van der Waals surface area contributed by atoms with Crippen molar-refractivity contribution in [2.75, 3.05) is 0 Å². The van der Waals surface area contributed by atoms with Crippen LogP contribution in [0.2, 0.25) is 0 Å². The molecule has 0 bridgehead atoms. The largest absolute Gasteiger partial charge is 0.389 e. The van der Waals surface area contributed by atoms with Crippen LogP contribution in [0.3, 0.4) is 0 Å². The number of ether oxygens (including phenoxy) is 1. The van der Waals surface area contributed by atoms with Gasteiger partial charge in [0.1, 0.15) is 11.7 Å². The van der Waals surface area contributed by atoms with E-state index in [1.807, 2.05) is 6.07 Å². The van der Waals surface area contributed by atoms with Crippen LogP contribution in [0.1, 0.15) is 18.4 Å². The Balaban J connectivity index is 2.50. The third-order valence-electron chi connectivity index (χ3n) is 3.01. The van der Waals surface area contributed by atoms with E-state index in [4.69, 9.17) is 0 Å². The highest BCUT2D eigenvalue weighted by Crippen LogP contribution is 2.36. The number of esters is 2. The first-order valence-corrected chi connectivity index (χ1v) is 5.52. The lowest BCUT2D eigenvalue weighted by Gasteiger charge is -2.29. The molecular formula is C14H12O4. The fraction of sp³-hybridized carbons (Fsp3) is 0.214. The molecule has 0 unspecified atom stereocenters. The first-order chi connectivity index (χ1) is 8.52. The van der Waals surface area contributed by atoms with Crippen molar-refractivity contribution in [1.82, 2.24) is 0 Å². The van der Waals surface area contributed by atoms with Crippen molar-refractivity contribution in [2.24, 2.45) is 5.92 Å². The van der Waals surface area contributed by atoms with Gasteiger partial charge in [0.25, 0.3) is 0 Å². The molecule has 0 aromatic heterocycles. The molecule has 2 rings (SSSR count). The molecule has 0 saturated carbocycles.